The molecule has 56 heavy (non-hydrogen) atoms. The molecule has 0 saturated heterocycles. The predicted octanol–water partition coefficient (Wildman–Crippen LogP) is 11.2. The van der Waals surface area contributed by atoms with E-state index in [2.05, 4.69) is 121 Å². The van der Waals surface area contributed by atoms with Crippen molar-refractivity contribution in [1.29, 1.82) is 0 Å². The summed E-state index contributed by atoms with van der Waals surface area (Å²) in [4.78, 5) is 25.1. The van der Waals surface area contributed by atoms with Crippen molar-refractivity contribution in [2.45, 2.75) is 19.9 Å². The van der Waals surface area contributed by atoms with Crippen molar-refractivity contribution >= 4 is 17.1 Å². The van der Waals surface area contributed by atoms with Gasteiger partial charge in [-0.05, 0) is 42.2 Å². The van der Waals surface area contributed by atoms with Gasteiger partial charge < -0.3 is 5.32 Å². The van der Waals surface area contributed by atoms with Crippen molar-refractivity contribution in [2.75, 3.05) is 0 Å². The van der Waals surface area contributed by atoms with Gasteiger partial charge in [-0.1, -0.05) is 176 Å². The minimum atomic E-state index is -0.178. The zero-order valence-corrected chi connectivity index (χ0v) is 31.1. The Bertz CT molecular complexity index is 2630. The summed E-state index contributed by atoms with van der Waals surface area (Å²) in [6, 6.07) is 62.2. The van der Waals surface area contributed by atoms with E-state index in [1.54, 1.807) is 0 Å². The van der Waals surface area contributed by atoms with Crippen LogP contribution in [0.1, 0.15) is 39.7 Å². The minimum absolute atomic E-state index is 0.178. The summed E-state index contributed by atoms with van der Waals surface area (Å²) in [6.07, 6.45) is 0. The Kier molecular flexibility index (Phi) is 9.36. The molecule has 0 fully saturated rings. The molecule has 6 nitrogen and oxygen atoms in total. The third-order valence-corrected chi connectivity index (χ3v) is 10.1. The maximum atomic E-state index is 5.53. The standard InChI is InChI=1S/C50H38N6/c1-33-23-32-43(34(2)51-33)35-24-26-38(27-25-35)46-47(53-45(37-17-9-4-10-18-37)44(52-46)36-15-7-3-8-16-36)39-28-30-42(31-29-39)50-55-48(40-19-11-5-12-20-40)54-49(56-50)41-21-13-6-14-22-41/h3-32,45,53H,1-2H3. The monoisotopic (exact) mass is 722 g/mol. The van der Waals surface area contributed by atoms with Gasteiger partial charge in [-0.15, -0.1) is 0 Å². The van der Waals surface area contributed by atoms with E-state index in [0.717, 1.165) is 78.6 Å². The molecule has 6 heteroatoms. The second-order valence-electron chi connectivity index (χ2n) is 13.9. The molecule has 3 heterocycles. The molecule has 0 aliphatic carbocycles. The van der Waals surface area contributed by atoms with Crippen molar-refractivity contribution in [2.24, 2.45) is 4.99 Å². The van der Waals surface area contributed by atoms with Crippen LogP contribution in [0.4, 0.5) is 0 Å². The van der Waals surface area contributed by atoms with Crippen LogP contribution in [0.2, 0.25) is 0 Å². The van der Waals surface area contributed by atoms with Crippen molar-refractivity contribution in [3.05, 3.63) is 216 Å². The Labute approximate surface area is 327 Å². The van der Waals surface area contributed by atoms with Crippen LogP contribution in [-0.2, 0) is 0 Å². The van der Waals surface area contributed by atoms with Crippen molar-refractivity contribution < 1.29 is 0 Å². The predicted molar refractivity (Wildman–Crippen MR) is 227 cm³/mol. The zero-order valence-electron chi connectivity index (χ0n) is 31.1. The zero-order chi connectivity index (χ0) is 37.8. The molecule has 1 aliphatic heterocycles. The molecular weight excluding hydrogens is 685 g/mol. The lowest BCUT2D eigenvalue weighted by atomic mass is 9.91. The highest BCUT2D eigenvalue weighted by Crippen LogP contribution is 2.37. The number of nitrogens with one attached hydrogen (secondary N) is 1. The van der Waals surface area contributed by atoms with Gasteiger partial charge in [0.15, 0.2) is 17.5 Å². The van der Waals surface area contributed by atoms with E-state index in [1.165, 1.54) is 0 Å². The van der Waals surface area contributed by atoms with Crippen molar-refractivity contribution in [3.63, 3.8) is 0 Å². The molecule has 1 N–H and O–H groups in total. The topological polar surface area (TPSA) is 76.0 Å². The highest BCUT2D eigenvalue weighted by molar-refractivity contribution is 6.12. The molecule has 9 rings (SSSR count). The van der Waals surface area contributed by atoms with E-state index in [1.807, 2.05) is 79.7 Å². The smallest absolute Gasteiger partial charge is 0.164 e. The lowest BCUT2D eigenvalue weighted by molar-refractivity contribution is 0.801. The average Bonchev–Trinajstić information content (AvgIpc) is 3.27. The van der Waals surface area contributed by atoms with Crippen LogP contribution in [-0.4, -0.2) is 25.6 Å². The fourth-order valence-corrected chi connectivity index (χ4v) is 7.20. The van der Waals surface area contributed by atoms with Gasteiger partial charge in [0.25, 0.3) is 0 Å². The number of nitrogens with zero attached hydrogens (tertiary/aromatic N) is 5. The summed E-state index contributed by atoms with van der Waals surface area (Å²) in [6.45, 7) is 4.09. The number of aryl methyl sites for hydroxylation is 2. The summed E-state index contributed by atoms with van der Waals surface area (Å²) in [5.41, 5.74) is 14.0. The molecule has 0 spiro atoms. The van der Waals surface area contributed by atoms with E-state index >= 15 is 0 Å². The van der Waals surface area contributed by atoms with Gasteiger partial charge in [-0.3, -0.25) is 4.98 Å². The number of rotatable bonds is 8. The van der Waals surface area contributed by atoms with Gasteiger partial charge >= 0.3 is 0 Å². The van der Waals surface area contributed by atoms with E-state index in [4.69, 9.17) is 24.9 Å². The van der Waals surface area contributed by atoms with Crippen molar-refractivity contribution in [3.8, 4) is 45.3 Å². The largest absolute Gasteiger partial charge is 0.370 e. The van der Waals surface area contributed by atoms with E-state index in [9.17, 15) is 0 Å². The Morgan fingerprint density at radius 3 is 1.38 bits per heavy atom. The van der Waals surface area contributed by atoms with Crippen LogP contribution in [0.5, 0.6) is 0 Å². The molecule has 0 radical (unpaired) electrons. The maximum Gasteiger partial charge on any atom is 0.164 e. The van der Waals surface area contributed by atoms with Gasteiger partial charge in [0.2, 0.25) is 0 Å². The molecule has 1 aliphatic rings. The van der Waals surface area contributed by atoms with Gasteiger partial charge in [0.1, 0.15) is 0 Å². The number of benzene rings is 6. The molecule has 1 unspecified atom stereocenters. The first-order valence-electron chi connectivity index (χ1n) is 18.8. The normalized spacial score (nSPS) is 13.9. The SMILES string of the molecule is Cc1ccc(-c2ccc(C3=C(c4ccc(-c5nc(-c6ccccc6)nc(-c6ccccc6)n5)cc4)NC(c4ccccc4)C(c4ccccc4)=N3)cc2)c(C)n1. The lowest BCUT2D eigenvalue weighted by Crippen LogP contribution is -2.32. The van der Waals surface area contributed by atoms with Crippen LogP contribution >= 0.6 is 0 Å². The molecule has 0 bridgehead atoms. The van der Waals surface area contributed by atoms with Crippen LogP contribution in [0, 0.1) is 13.8 Å². The molecule has 6 aromatic carbocycles. The first kappa shape index (κ1) is 34.5. The molecule has 0 amide bonds. The Balaban J connectivity index is 1.17. The third kappa shape index (κ3) is 7.04. The first-order valence-corrected chi connectivity index (χ1v) is 18.8. The summed E-state index contributed by atoms with van der Waals surface area (Å²) in [7, 11) is 0. The fourth-order valence-electron chi connectivity index (χ4n) is 7.20. The molecule has 1 atom stereocenters. The second kappa shape index (κ2) is 15.2. The van der Waals surface area contributed by atoms with Crippen molar-refractivity contribution in [1.82, 2.24) is 25.3 Å². The Morgan fingerprint density at radius 1 is 0.393 bits per heavy atom. The maximum absolute atomic E-state index is 5.53. The molecule has 8 aromatic rings. The number of hydrogen-bond acceptors (Lipinski definition) is 6. The average molecular weight is 723 g/mol. The van der Waals surface area contributed by atoms with E-state index in [0.29, 0.717) is 17.5 Å². The van der Waals surface area contributed by atoms with Crippen LogP contribution in [0.3, 0.4) is 0 Å². The van der Waals surface area contributed by atoms with Crippen LogP contribution in [0.25, 0.3) is 56.7 Å². The van der Waals surface area contributed by atoms with Gasteiger partial charge in [0.05, 0.1) is 23.1 Å². The number of pyridine rings is 1. The lowest BCUT2D eigenvalue weighted by Gasteiger charge is -2.30. The first-order chi connectivity index (χ1) is 27.6. The third-order valence-electron chi connectivity index (χ3n) is 10.1. The minimum Gasteiger partial charge on any atom is -0.370 e. The summed E-state index contributed by atoms with van der Waals surface area (Å²) in [5, 5.41) is 3.96. The Hall–Kier alpha value is -7.31. The second-order valence-corrected chi connectivity index (χ2v) is 13.9. The summed E-state index contributed by atoms with van der Waals surface area (Å²) >= 11 is 0. The number of hydrogen-bond donors (Lipinski definition) is 1. The molecule has 0 saturated carbocycles. The van der Waals surface area contributed by atoms with Gasteiger partial charge in [-0.25, -0.2) is 19.9 Å². The summed E-state index contributed by atoms with van der Waals surface area (Å²) < 4.78 is 0. The van der Waals surface area contributed by atoms with Gasteiger partial charge in [-0.2, -0.15) is 0 Å². The van der Waals surface area contributed by atoms with Gasteiger partial charge in [0, 0.05) is 39.2 Å². The molecule has 268 valence electrons. The highest BCUT2D eigenvalue weighted by Gasteiger charge is 2.28. The molecular formula is C50H38N6. The summed E-state index contributed by atoms with van der Waals surface area (Å²) in [5.74, 6) is 1.87. The van der Waals surface area contributed by atoms with E-state index in [-0.39, 0.29) is 6.04 Å². The fraction of sp³-hybridized carbons (Fsp3) is 0.0600. The number of aromatic nitrogens is 4. The highest BCUT2D eigenvalue weighted by atomic mass is 15.0. The number of aliphatic imine (C=N–C) groups is 1. The quantitative estimate of drug-likeness (QED) is 0.169. The Morgan fingerprint density at radius 2 is 0.839 bits per heavy atom. The van der Waals surface area contributed by atoms with Crippen LogP contribution < -0.4 is 5.32 Å². The van der Waals surface area contributed by atoms with Crippen LogP contribution in [0.15, 0.2) is 187 Å². The molecule has 2 aromatic heterocycles. The van der Waals surface area contributed by atoms with E-state index < -0.39 is 0 Å².